The fourth-order valence-corrected chi connectivity index (χ4v) is 2.06. The number of hydrogen-bond donors (Lipinski definition) is 1. The molecule has 0 spiro atoms. The molecule has 1 aromatic carbocycles. The molecule has 1 aliphatic rings. The van der Waals surface area contributed by atoms with Crippen molar-refractivity contribution in [2.75, 3.05) is 19.6 Å². The van der Waals surface area contributed by atoms with E-state index in [9.17, 15) is 4.79 Å². The Labute approximate surface area is 96.5 Å². The molecule has 1 atom stereocenters. The maximum atomic E-state index is 12.3. The van der Waals surface area contributed by atoms with Gasteiger partial charge < -0.3 is 10.2 Å². The molecule has 1 heterocycles. The second kappa shape index (κ2) is 5.12. The van der Waals surface area contributed by atoms with E-state index in [4.69, 9.17) is 0 Å². The first-order chi connectivity index (χ1) is 7.79. The number of rotatable bonds is 1. The summed E-state index contributed by atoms with van der Waals surface area (Å²) >= 11 is 0. The van der Waals surface area contributed by atoms with Crippen LogP contribution in [0.4, 0.5) is 0 Å². The molecular weight excluding hydrogens is 200 g/mol. The molecule has 2 rings (SSSR count). The van der Waals surface area contributed by atoms with Crippen molar-refractivity contribution >= 4 is 5.91 Å². The number of nitrogens with zero attached hydrogens (tertiary/aromatic N) is 1. The lowest BCUT2D eigenvalue weighted by atomic mass is 10.1. The average Bonchev–Trinajstić information content (AvgIpc) is 2.54. The van der Waals surface area contributed by atoms with Crippen molar-refractivity contribution in [3.05, 3.63) is 35.9 Å². The molecule has 1 amide bonds. The minimum Gasteiger partial charge on any atom is -0.335 e. The highest BCUT2D eigenvalue weighted by Crippen LogP contribution is 2.10. The lowest BCUT2D eigenvalue weighted by molar-refractivity contribution is 0.0707. The molecule has 0 aliphatic carbocycles. The van der Waals surface area contributed by atoms with Gasteiger partial charge in [-0.2, -0.15) is 0 Å². The first kappa shape index (κ1) is 11.1. The van der Waals surface area contributed by atoms with E-state index in [-0.39, 0.29) is 11.9 Å². The van der Waals surface area contributed by atoms with E-state index in [1.165, 1.54) is 0 Å². The van der Waals surface area contributed by atoms with E-state index >= 15 is 0 Å². The van der Waals surface area contributed by atoms with Gasteiger partial charge in [-0.1, -0.05) is 18.2 Å². The topological polar surface area (TPSA) is 32.3 Å². The highest BCUT2D eigenvalue weighted by atomic mass is 16.2. The first-order valence-corrected chi connectivity index (χ1v) is 5.86. The molecule has 0 aromatic heterocycles. The van der Waals surface area contributed by atoms with Crippen molar-refractivity contribution in [1.82, 2.24) is 10.2 Å². The molecule has 3 nitrogen and oxygen atoms in total. The third-order valence-corrected chi connectivity index (χ3v) is 3.01. The molecule has 0 saturated carbocycles. The summed E-state index contributed by atoms with van der Waals surface area (Å²) in [5, 5.41) is 3.34. The van der Waals surface area contributed by atoms with Gasteiger partial charge >= 0.3 is 0 Å². The van der Waals surface area contributed by atoms with Crippen LogP contribution < -0.4 is 5.32 Å². The predicted octanol–water partition coefficient (Wildman–Crippen LogP) is 1.51. The van der Waals surface area contributed by atoms with Gasteiger partial charge in [0.15, 0.2) is 0 Å². The van der Waals surface area contributed by atoms with Gasteiger partial charge in [-0.15, -0.1) is 0 Å². The summed E-state index contributed by atoms with van der Waals surface area (Å²) in [4.78, 5) is 14.2. The molecule has 3 heteroatoms. The van der Waals surface area contributed by atoms with Gasteiger partial charge in [-0.05, 0) is 32.0 Å². The monoisotopic (exact) mass is 218 g/mol. The average molecular weight is 218 g/mol. The van der Waals surface area contributed by atoms with Crippen molar-refractivity contribution in [3.63, 3.8) is 0 Å². The number of amides is 1. The Morgan fingerprint density at radius 3 is 2.88 bits per heavy atom. The van der Waals surface area contributed by atoms with Crippen LogP contribution in [-0.4, -0.2) is 36.5 Å². The molecule has 1 aliphatic heterocycles. The van der Waals surface area contributed by atoms with E-state index in [0.29, 0.717) is 0 Å². The third-order valence-electron chi connectivity index (χ3n) is 3.01. The number of nitrogens with one attached hydrogen (secondary N) is 1. The summed E-state index contributed by atoms with van der Waals surface area (Å²) in [5.74, 6) is 0.150. The second-order valence-electron chi connectivity index (χ2n) is 4.27. The quantitative estimate of drug-likeness (QED) is 0.775. The smallest absolute Gasteiger partial charge is 0.254 e. The zero-order valence-corrected chi connectivity index (χ0v) is 9.65. The Morgan fingerprint density at radius 1 is 1.38 bits per heavy atom. The highest BCUT2D eigenvalue weighted by molar-refractivity contribution is 5.94. The minimum absolute atomic E-state index is 0.150. The van der Waals surface area contributed by atoms with E-state index in [0.717, 1.165) is 31.6 Å². The number of benzene rings is 1. The summed E-state index contributed by atoms with van der Waals surface area (Å²) in [6, 6.07) is 9.79. The molecular formula is C13H18N2O. The molecule has 1 saturated heterocycles. The third kappa shape index (κ3) is 2.42. The molecule has 0 radical (unpaired) electrons. The molecule has 1 aromatic rings. The molecule has 16 heavy (non-hydrogen) atoms. The Hall–Kier alpha value is -1.35. The fourth-order valence-electron chi connectivity index (χ4n) is 2.06. The van der Waals surface area contributed by atoms with E-state index in [1.807, 2.05) is 35.2 Å². The van der Waals surface area contributed by atoms with Crippen molar-refractivity contribution in [1.29, 1.82) is 0 Å². The van der Waals surface area contributed by atoms with E-state index in [2.05, 4.69) is 12.2 Å². The summed E-state index contributed by atoms with van der Waals surface area (Å²) in [7, 11) is 0. The van der Waals surface area contributed by atoms with Crippen molar-refractivity contribution in [2.45, 2.75) is 19.4 Å². The Balaban J connectivity index is 2.14. The summed E-state index contributed by atoms with van der Waals surface area (Å²) in [6.07, 6.45) is 1.03. The van der Waals surface area contributed by atoms with Crippen LogP contribution in [0, 0.1) is 0 Å². The van der Waals surface area contributed by atoms with Crippen LogP contribution >= 0.6 is 0 Å². The van der Waals surface area contributed by atoms with Crippen LogP contribution in [0.3, 0.4) is 0 Å². The van der Waals surface area contributed by atoms with E-state index in [1.54, 1.807) is 0 Å². The van der Waals surface area contributed by atoms with Gasteiger partial charge in [0.1, 0.15) is 0 Å². The standard InChI is InChI=1S/C13H18N2O/c1-11-10-14-8-5-9-15(11)13(16)12-6-3-2-4-7-12/h2-4,6-7,11,14H,5,8-10H2,1H3. The second-order valence-corrected chi connectivity index (χ2v) is 4.27. The zero-order chi connectivity index (χ0) is 11.4. The van der Waals surface area contributed by atoms with Gasteiger partial charge in [0.25, 0.3) is 5.91 Å². The van der Waals surface area contributed by atoms with Crippen LogP contribution in [0.25, 0.3) is 0 Å². The lowest BCUT2D eigenvalue weighted by Crippen LogP contribution is -2.41. The summed E-state index contributed by atoms with van der Waals surface area (Å²) in [5.41, 5.74) is 0.788. The van der Waals surface area contributed by atoms with Gasteiger partial charge in [0, 0.05) is 24.7 Å². The Morgan fingerprint density at radius 2 is 2.12 bits per heavy atom. The predicted molar refractivity (Wildman–Crippen MR) is 64.4 cm³/mol. The molecule has 0 bridgehead atoms. The fraction of sp³-hybridized carbons (Fsp3) is 0.462. The summed E-state index contributed by atoms with van der Waals surface area (Å²) in [6.45, 7) is 4.84. The molecule has 1 unspecified atom stereocenters. The molecule has 86 valence electrons. The Kier molecular flexibility index (Phi) is 3.57. The maximum absolute atomic E-state index is 12.3. The van der Waals surface area contributed by atoms with Gasteiger partial charge in [0.05, 0.1) is 0 Å². The molecule has 1 N–H and O–H groups in total. The highest BCUT2D eigenvalue weighted by Gasteiger charge is 2.22. The van der Waals surface area contributed by atoms with Gasteiger partial charge in [-0.25, -0.2) is 0 Å². The summed E-state index contributed by atoms with van der Waals surface area (Å²) < 4.78 is 0. The minimum atomic E-state index is 0.150. The lowest BCUT2D eigenvalue weighted by Gasteiger charge is -2.26. The first-order valence-electron chi connectivity index (χ1n) is 5.86. The normalized spacial score (nSPS) is 21.6. The molecule has 1 fully saturated rings. The SMILES string of the molecule is CC1CNCCCN1C(=O)c1ccccc1. The number of hydrogen-bond acceptors (Lipinski definition) is 2. The van der Waals surface area contributed by atoms with E-state index < -0.39 is 0 Å². The van der Waals surface area contributed by atoms with Crippen LogP contribution in [0.2, 0.25) is 0 Å². The van der Waals surface area contributed by atoms with Crippen LogP contribution in [0.15, 0.2) is 30.3 Å². The number of carbonyl (C=O) groups excluding carboxylic acids is 1. The van der Waals surface area contributed by atoms with Gasteiger partial charge in [0.2, 0.25) is 0 Å². The zero-order valence-electron chi connectivity index (χ0n) is 9.65. The maximum Gasteiger partial charge on any atom is 0.254 e. The van der Waals surface area contributed by atoms with Crippen molar-refractivity contribution in [3.8, 4) is 0 Å². The van der Waals surface area contributed by atoms with Crippen LogP contribution in [0.1, 0.15) is 23.7 Å². The van der Waals surface area contributed by atoms with Gasteiger partial charge in [-0.3, -0.25) is 4.79 Å². The van der Waals surface area contributed by atoms with Crippen molar-refractivity contribution < 1.29 is 4.79 Å². The van der Waals surface area contributed by atoms with Crippen LogP contribution in [-0.2, 0) is 0 Å². The largest absolute Gasteiger partial charge is 0.335 e. The van der Waals surface area contributed by atoms with Crippen molar-refractivity contribution in [2.24, 2.45) is 0 Å². The Bertz CT molecular complexity index is 350. The van der Waals surface area contributed by atoms with Crippen LogP contribution in [0.5, 0.6) is 0 Å². The number of carbonyl (C=O) groups is 1.